The molecule has 1 aliphatic heterocycles. The molecule has 2 heterocycles. The SMILES string of the molecule is CCN1C(=O)C(C)Oc2ccc(-c3nc(CN)sc3C)cc21. The highest BCUT2D eigenvalue weighted by Gasteiger charge is 2.30. The largest absolute Gasteiger partial charge is 0.479 e. The molecule has 1 atom stereocenters. The van der Waals surface area contributed by atoms with E-state index in [2.05, 4.69) is 4.98 Å². The van der Waals surface area contributed by atoms with Crippen molar-refractivity contribution in [2.45, 2.75) is 33.4 Å². The number of hydrogen-bond donors (Lipinski definition) is 1. The molecule has 6 heteroatoms. The van der Waals surface area contributed by atoms with E-state index in [-0.39, 0.29) is 5.91 Å². The second kappa shape index (κ2) is 5.70. The zero-order valence-electron chi connectivity index (χ0n) is 12.9. The van der Waals surface area contributed by atoms with Crippen molar-refractivity contribution in [3.05, 3.63) is 28.1 Å². The third-order valence-corrected chi connectivity index (χ3v) is 4.77. The molecule has 0 spiro atoms. The average molecular weight is 317 g/mol. The molecule has 3 rings (SSSR count). The van der Waals surface area contributed by atoms with Crippen molar-refractivity contribution in [3.63, 3.8) is 0 Å². The Bertz CT molecular complexity index is 726. The maximum absolute atomic E-state index is 12.3. The van der Waals surface area contributed by atoms with Crippen LogP contribution in [0.3, 0.4) is 0 Å². The molecule has 1 aromatic carbocycles. The third kappa shape index (κ3) is 2.38. The number of aryl methyl sites for hydroxylation is 1. The fourth-order valence-electron chi connectivity index (χ4n) is 2.69. The van der Waals surface area contributed by atoms with Crippen LogP contribution in [0.2, 0.25) is 0 Å². The molecule has 0 saturated heterocycles. The Kier molecular flexibility index (Phi) is 3.88. The van der Waals surface area contributed by atoms with Gasteiger partial charge in [0, 0.05) is 23.5 Å². The number of carbonyl (C=O) groups excluding carboxylic acids is 1. The van der Waals surface area contributed by atoms with Gasteiger partial charge in [0.05, 0.1) is 11.4 Å². The molecule has 22 heavy (non-hydrogen) atoms. The van der Waals surface area contributed by atoms with E-state index in [4.69, 9.17) is 10.5 Å². The minimum atomic E-state index is -0.442. The summed E-state index contributed by atoms with van der Waals surface area (Å²) >= 11 is 1.61. The van der Waals surface area contributed by atoms with E-state index in [1.165, 1.54) is 0 Å². The highest BCUT2D eigenvalue weighted by molar-refractivity contribution is 7.12. The van der Waals surface area contributed by atoms with E-state index in [9.17, 15) is 4.79 Å². The number of hydrogen-bond acceptors (Lipinski definition) is 5. The van der Waals surface area contributed by atoms with Crippen molar-refractivity contribution in [1.82, 2.24) is 4.98 Å². The number of rotatable bonds is 3. The zero-order valence-corrected chi connectivity index (χ0v) is 13.7. The standard InChI is InChI=1S/C16H19N3O2S/c1-4-19-12-7-11(15-10(3)22-14(8-17)18-15)5-6-13(12)21-9(2)16(19)20/h5-7,9H,4,8,17H2,1-3H3. The first-order valence-electron chi connectivity index (χ1n) is 7.34. The lowest BCUT2D eigenvalue weighted by atomic mass is 10.1. The van der Waals surface area contributed by atoms with Crippen LogP contribution in [0.1, 0.15) is 23.7 Å². The predicted octanol–water partition coefficient (Wildman–Crippen LogP) is 2.71. The molecule has 0 radical (unpaired) electrons. The monoisotopic (exact) mass is 317 g/mol. The summed E-state index contributed by atoms with van der Waals surface area (Å²) in [6, 6.07) is 5.87. The second-order valence-electron chi connectivity index (χ2n) is 5.24. The van der Waals surface area contributed by atoms with Crippen molar-refractivity contribution < 1.29 is 9.53 Å². The number of amides is 1. The topological polar surface area (TPSA) is 68.5 Å². The van der Waals surface area contributed by atoms with Gasteiger partial charge in [-0.3, -0.25) is 4.79 Å². The van der Waals surface area contributed by atoms with Gasteiger partial charge in [-0.25, -0.2) is 4.98 Å². The molecule has 1 aliphatic rings. The lowest BCUT2D eigenvalue weighted by molar-refractivity contribution is -0.125. The summed E-state index contributed by atoms with van der Waals surface area (Å²) in [6.07, 6.45) is -0.442. The Labute approximate surface area is 133 Å². The van der Waals surface area contributed by atoms with Crippen LogP contribution in [-0.4, -0.2) is 23.5 Å². The molecule has 0 aliphatic carbocycles. The molecule has 5 nitrogen and oxygen atoms in total. The zero-order chi connectivity index (χ0) is 15.9. The fraction of sp³-hybridized carbons (Fsp3) is 0.375. The molecule has 1 unspecified atom stereocenters. The van der Waals surface area contributed by atoms with Crippen LogP contribution in [0, 0.1) is 6.92 Å². The Balaban J connectivity index is 2.08. The van der Waals surface area contributed by atoms with Crippen LogP contribution >= 0.6 is 11.3 Å². The summed E-state index contributed by atoms with van der Waals surface area (Å²) in [5, 5.41) is 0.915. The van der Waals surface area contributed by atoms with Crippen LogP contribution in [-0.2, 0) is 11.3 Å². The predicted molar refractivity (Wildman–Crippen MR) is 88.3 cm³/mol. The van der Waals surface area contributed by atoms with Gasteiger partial charge < -0.3 is 15.4 Å². The first-order chi connectivity index (χ1) is 10.5. The Morgan fingerprint density at radius 3 is 2.86 bits per heavy atom. The summed E-state index contributed by atoms with van der Waals surface area (Å²) in [5.41, 5.74) is 8.39. The Morgan fingerprint density at radius 1 is 1.45 bits per heavy atom. The maximum Gasteiger partial charge on any atom is 0.267 e. The van der Waals surface area contributed by atoms with Crippen molar-refractivity contribution in [1.29, 1.82) is 0 Å². The van der Waals surface area contributed by atoms with Crippen molar-refractivity contribution in [3.8, 4) is 17.0 Å². The normalized spacial score (nSPS) is 17.4. The minimum absolute atomic E-state index is 0.00945. The van der Waals surface area contributed by atoms with E-state index in [1.807, 2.05) is 32.0 Å². The average Bonchev–Trinajstić information content (AvgIpc) is 2.89. The summed E-state index contributed by atoms with van der Waals surface area (Å²) in [4.78, 5) is 19.7. The van der Waals surface area contributed by atoms with Crippen molar-refractivity contribution in [2.24, 2.45) is 5.73 Å². The van der Waals surface area contributed by atoms with Gasteiger partial charge in [-0.15, -0.1) is 11.3 Å². The van der Waals surface area contributed by atoms with Crippen LogP contribution < -0.4 is 15.4 Å². The second-order valence-corrected chi connectivity index (χ2v) is 6.53. The van der Waals surface area contributed by atoms with Crippen molar-refractivity contribution >= 4 is 22.9 Å². The molecule has 2 N–H and O–H groups in total. The van der Waals surface area contributed by atoms with Gasteiger partial charge in [0.2, 0.25) is 0 Å². The number of anilines is 1. The number of likely N-dealkylation sites (N-methyl/N-ethyl adjacent to an activating group) is 1. The van der Waals surface area contributed by atoms with Gasteiger partial charge in [0.25, 0.3) is 5.91 Å². The molecule has 0 saturated carbocycles. The molecule has 116 valence electrons. The molecule has 1 aromatic heterocycles. The van der Waals surface area contributed by atoms with E-state index >= 15 is 0 Å². The first-order valence-corrected chi connectivity index (χ1v) is 8.15. The van der Waals surface area contributed by atoms with E-state index in [1.54, 1.807) is 23.2 Å². The maximum atomic E-state index is 12.3. The highest BCUT2D eigenvalue weighted by Crippen LogP contribution is 2.38. The van der Waals surface area contributed by atoms with E-state index < -0.39 is 6.10 Å². The third-order valence-electron chi connectivity index (χ3n) is 3.77. The van der Waals surface area contributed by atoms with Crippen LogP contribution in [0.4, 0.5) is 5.69 Å². The van der Waals surface area contributed by atoms with Gasteiger partial charge >= 0.3 is 0 Å². The van der Waals surface area contributed by atoms with Crippen molar-refractivity contribution in [2.75, 3.05) is 11.4 Å². The number of aromatic nitrogens is 1. The Morgan fingerprint density at radius 2 is 2.23 bits per heavy atom. The molecule has 0 fully saturated rings. The summed E-state index contributed by atoms with van der Waals surface area (Å²) in [5.74, 6) is 0.731. The van der Waals surface area contributed by atoms with Gasteiger partial charge in [0.15, 0.2) is 6.10 Å². The quantitative estimate of drug-likeness (QED) is 0.945. The van der Waals surface area contributed by atoms with Gasteiger partial charge in [-0.05, 0) is 39.0 Å². The lowest BCUT2D eigenvalue weighted by Gasteiger charge is -2.32. The fourth-order valence-corrected chi connectivity index (χ4v) is 3.52. The number of carbonyl (C=O) groups is 1. The minimum Gasteiger partial charge on any atom is -0.479 e. The number of benzene rings is 1. The number of nitrogens with two attached hydrogens (primary N) is 1. The molecule has 2 aromatic rings. The van der Waals surface area contributed by atoms with Gasteiger partial charge in [-0.2, -0.15) is 0 Å². The number of nitrogens with zero attached hydrogens (tertiary/aromatic N) is 2. The summed E-state index contributed by atoms with van der Waals surface area (Å²) < 4.78 is 5.69. The number of thiazole rings is 1. The van der Waals surface area contributed by atoms with Crippen LogP contribution in [0.5, 0.6) is 5.75 Å². The smallest absolute Gasteiger partial charge is 0.267 e. The molecular formula is C16H19N3O2S. The van der Waals surface area contributed by atoms with Crippen LogP contribution in [0.15, 0.2) is 18.2 Å². The van der Waals surface area contributed by atoms with Crippen LogP contribution in [0.25, 0.3) is 11.3 Å². The molecular weight excluding hydrogens is 298 g/mol. The van der Waals surface area contributed by atoms with Gasteiger partial charge in [-0.1, -0.05) is 0 Å². The summed E-state index contributed by atoms with van der Waals surface area (Å²) in [7, 11) is 0. The van der Waals surface area contributed by atoms with Gasteiger partial charge in [0.1, 0.15) is 10.8 Å². The summed E-state index contributed by atoms with van der Waals surface area (Å²) in [6.45, 7) is 6.84. The Hall–Kier alpha value is -1.92. The lowest BCUT2D eigenvalue weighted by Crippen LogP contribution is -2.44. The van der Waals surface area contributed by atoms with E-state index in [0.717, 1.165) is 32.6 Å². The first kappa shape index (κ1) is 15.0. The highest BCUT2D eigenvalue weighted by atomic mass is 32.1. The molecule has 0 bridgehead atoms. The number of ether oxygens (including phenoxy) is 1. The number of fused-ring (bicyclic) bond motifs is 1. The molecule has 1 amide bonds. The van der Waals surface area contributed by atoms with E-state index in [0.29, 0.717) is 13.1 Å².